The number of nitrogens with zero attached hydrogens (tertiary/aromatic N) is 1. The zero-order valence-electron chi connectivity index (χ0n) is 6.82. The molecule has 68 valence electrons. The van der Waals surface area contributed by atoms with E-state index >= 15 is 0 Å². The first-order valence-electron chi connectivity index (χ1n) is 4.14. The summed E-state index contributed by atoms with van der Waals surface area (Å²) < 4.78 is 17.1. The van der Waals surface area contributed by atoms with Crippen molar-refractivity contribution in [2.75, 3.05) is 0 Å². The molecule has 1 atom stereocenters. The van der Waals surface area contributed by atoms with E-state index in [2.05, 4.69) is 4.98 Å². The maximum atomic E-state index is 11.7. The summed E-state index contributed by atoms with van der Waals surface area (Å²) in [4.78, 5) is 4.11. The van der Waals surface area contributed by atoms with Crippen LogP contribution in [0, 0.1) is 0 Å². The Morgan fingerprint density at radius 1 is 1.36 bits per heavy atom. The lowest BCUT2D eigenvalue weighted by molar-refractivity contribution is 0.590. The lowest BCUT2D eigenvalue weighted by atomic mass is 10.3. The molecule has 5 rings (SSSR count). The van der Waals surface area contributed by atoms with Crippen LogP contribution in [0.2, 0.25) is 5.15 Å². The number of rotatable bonds is 1. The Morgan fingerprint density at radius 3 is 2.71 bits per heavy atom. The molecule has 2 aromatic rings. The summed E-state index contributed by atoms with van der Waals surface area (Å²) in [7, 11) is -2.12. The van der Waals surface area contributed by atoms with Crippen molar-refractivity contribution in [3.05, 3.63) is 23.4 Å². The summed E-state index contributed by atoms with van der Waals surface area (Å²) >= 11 is 5.75. The van der Waals surface area contributed by atoms with Crippen molar-refractivity contribution in [1.82, 2.24) is 4.98 Å². The van der Waals surface area contributed by atoms with Gasteiger partial charge in [-0.15, -0.1) is 0 Å². The molecule has 0 spiro atoms. The first-order valence-corrected chi connectivity index (χ1v) is 6.23. The van der Waals surface area contributed by atoms with Gasteiger partial charge in [-0.1, -0.05) is 17.7 Å². The predicted molar refractivity (Wildman–Crippen MR) is 53.5 cm³/mol. The zero-order valence-corrected chi connectivity index (χ0v) is 8.47. The number of fused-ring (bicyclic) bond motifs is 1. The number of pyridine rings is 1. The zero-order chi connectivity index (χ0) is 9.50. The van der Waals surface area contributed by atoms with E-state index in [0.29, 0.717) is 22.1 Å². The molecule has 2 bridgehead atoms. The fourth-order valence-electron chi connectivity index (χ4n) is 1.81. The van der Waals surface area contributed by atoms with Crippen LogP contribution in [0.15, 0.2) is 22.6 Å². The molecule has 0 aliphatic carbocycles. The molecule has 0 aromatic carbocycles. The third-order valence-corrected chi connectivity index (χ3v) is 5.37. The van der Waals surface area contributed by atoms with Crippen LogP contribution in [-0.2, 0) is 4.57 Å². The molecule has 0 N–H and O–H groups in total. The quantitative estimate of drug-likeness (QED) is 0.360. The molecular formula is C9H3ClNO2P. The highest BCUT2D eigenvalue weighted by Gasteiger charge is 2.74. The first kappa shape index (κ1) is 7.27. The molecule has 5 heteroatoms. The molecule has 0 saturated heterocycles. The topological polar surface area (TPSA) is 43.1 Å². The van der Waals surface area contributed by atoms with Gasteiger partial charge in [0.25, 0.3) is 0 Å². The van der Waals surface area contributed by atoms with Gasteiger partial charge in [0.2, 0.25) is 7.14 Å². The minimum Gasteiger partial charge on any atom is -0.449 e. The average molecular weight is 224 g/mol. The minimum atomic E-state index is -2.12. The normalized spacial score (nSPS) is 24.6. The molecule has 0 fully saturated rings. The summed E-state index contributed by atoms with van der Waals surface area (Å²) in [6.07, 6.45) is 0. The second-order valence-electron chi connectivity index (χ2n) is 3.39. The van der Waals surface area contributed by atoms with E-state index in [1.54, 1.807) is 12.1 Å². The van der Waals surface area contributed by atoms with Crippen molar-refractivity contribution in [2.24, 2.45) is 0 Å². The van der Waals surface area contributed by atoms with Crippen molar-refractivity contribution in [1.29, 1.82) is 0 Å². The second-order valence-corrected chi connectivity index (χ2v) is 6.29. The Bertz CT molecular complexity index is 637. The Kier molecular flexibility index (Phi) is 0.952. The van der Waals surface area contributed by atoms with Crippen molar-refractivity contribution in [3.63, 3.8) is 0 Å². The van der Waals surface area contributed by atoms with E-state index in [9.17, 15) is 4.57 Å². The summed E-state index contributed by atoms with van der Waals surface area (Å²) in [5.74, 6) is 0.654. The highest BCUT2D eigenvalue weighted by Crippen LogP contribution is 2.70. The SMILES string of the molecule is O=P12c3oc(-c4cccc(Cl)n4)c1c32. The van der Waals surface area contributed by atoms with Crippen LogP contribution < -0.4 is 16.1 Å². The molecular weight excluding hydrogens is 221 g/mol. The van der Waals surface area contributed by atoms with E-state index in [1.807, 2.05) is 6.07 Å². The van der Waals surface area contributed by atoms with E-state index in [1.165, 1.54) is 0 Å². The molecule has 2 aromatic heterocycles. The van der Waals surface area contributed by atoms with Gasteiger partial charge in [-0.3, -0.25) is 0 Å². The second kappa shape index (κ2) is 1.83. The first-order chi connectivity index (χ1) is 6.73. The minimum absolute atomic E-state index is 0.423. The van der Waals surface area contributed by atoms with Crippen molar-refractivity contribution in [2.45, 2.75) is 0 Å². The summed E-state index contributed by atoms with van der Waals surface area (Å²) in [5.41, 5.74) is 1.37. The smallest absolute Gasteiger partial charge is 0.214 e. The molecule has 14 heavy (non-hydrogen) atoms. The van der Waals surface area contributed by atoms with Crippen molar-refractivity contribution < 1.29 is 8.98 Å². The van der Waals surface area contributed by atoms with Gasteiger partial charge in [0, 0.05) is 0 Å². The van der Waals surface area contributed by atoms with Gasteiger partial charge < -0.3 is 8.98 Å². The molecule has 5 heterocycles. The number of hydrogen-bond acceptors (Lipinski definition) is 3. The van der Waals surface area contributed by atoms with E-state index < -0.39 is 7.14 Å². The molecule has 3 aliphatic heterocycles. The van der Waals surface area contributed by atoms with Crippen LogP contribution in [0.4, 0.5) is 0 Å². The van der Waals surface area contributed by atoms with E-state index in [4.69, 9.17) is 16.0 Å². The average Bonchev–Trinajstić information content (AvgIpc) is 2.82. The Balaban J connectivity index is 1.96. The fraction of sp³-hybridized carbons (Fsp3) is 0. The van der Waals surface area contributed by atoms with Crippen LogP contribution in [-0.4, -0.2) is 4.98 Å². The van der Waals surface area contributed by atoms with Gasteiger partial charge in [-0.25, -0.2) is 4.98 Å². The van der Waals surface area contributed by atoms with Crippen molar-refractivity contribution in [3.8, 4) is 11.5 Å². The largest absolute Gasteiger partial charge is 0.449 e. The van der Waals surface area contributed by atoms with Crippen LogP contribution in [0.3, 0.4) is 0 Å². The summed E-state index contributed by atoms with van der Waals surface area (Å²) in [5, 5.41) is 2.27. The lowest BCUT2D eigenvalue weighted by Gasteiger charge is -1.94. The Labute approximate surface area is 84.1 Å². The summed E-state index contributed by atoms with van der Waals surface area (Å²) in [6.45, 7) is 0. The van der Waals surface area contributed by atoms with E-state index in [-0.39, 0.29) is 0 Å². The molecule has 3 nitrogen and oxygen atoms in total. The van der Waals surface area contributed by atoms with Gasteiger partial charge in [-0.2, -0.15) is 0 Å². The monoisotopic (exact) mass is 223 g/mol. The maximum Gasteiger partial charge on any atom is 0.214 e. The van der Waals surface area contributed by atoms with Gasteiger partial charge in [0.1, 0.15) is 10.8 Å². The molecule has 0 radical (unpaired) electrons. The standard InChI is InChI=1S/C9H3ClNO2P/c10-5-3-1-2-4(11-5)6-7-8-9(13-6)14(7,8)12/h1-3H. The number of furan rings is 1. The maximum absolute atomic E-state index is 11.7. The van der Waals surface area contributed by atoms with Gasteiger partial charge >= 0.3 is 0 Å². The Morgan fingerprint density at radius 2 is 2.14 bits per heavy atom. The van der Waals surface area contributed by atoms with Crippen LogP contribution in [0.25, 0.3) is 11.5 Å². The third-order valence-electron chi connectivity index (χ3n) is 2.60. The van der Waals surface area contributed by atoms with Gasteiger partial charge in [0.05, 0.1) is 10.6 Å². The number of aromatic nitrogens is 1. The number of hydrogen-bond donors (Lipinski definition) is 0. The third kappa shape index (κ3) is 0.588. The number of halogens is 1. The predicted octanol–water partition coefficient (Wildman–Crippen LogP) is 1.26. The van der Waals surface area contributed by atoms with Gasteiger partial charge in [0.15, 0.2) is 11.3 Å². The Hall–Kier alpha value is -1.05. The summed E-state index contributed by atoms with van der Waals surface area (Å²) in [6, 6.07) is 5.31. The van der Waals surface area contributed by atoms with Gasteiger partial charge in [-0.05, 0) is 12.1 Å². The molecule has 3 aliphatic rings. The van der Waals surface area contributed by atoms with Crippen LogP contribution >= 0.6 is 18.7 Å². The highest BCUT2D eigenvalue weighted by molar-refractivity contribution is 8.06. The lowest BCUT2D eigenvalue weighted by Crippen LogP contribution is -1.96. The molecule has 0 saturated carbocycles. The van der Waals surface area contributed by atoms with Crippen LogP contribution in [0.1, 0.15) is 0 Å². The van der Waals surface area contributed by atoms with E-state index in [0.717, 1.165) is 10.6 Å². The van der Waals surface area contributed by atoms with Crippen molar-refractivity contribution >= 4 is 34.9 Å². The fourth-order valence-corrected chi connectivity index (χ4v) is 4.46. The highest BCUT2D eigenvalue weighted by atomic mass is 35.5. The molecule has 1 unspecified atom stereocenters. The van der Waals surface area contributed by atoms with Crippen LogP contribution in [0.5, 0.6) is 0 Å². The molecule has 0 amide bonds.